The van der Waals surface area contributed by atoms with E-state index in [1.54, 1.807) is 72.3 Å². The number of pyridine rings is 1. The SMILES string of the molecule is COc1ccc(C(=O)c2c(N)c(C(=O)Nc3ccc(Br)cc3)c3ccccn23)cc1. The molecule has 0 atom stereocenters. The maximum Gasteiger partial charge on any atom is 0.259 e. The number of benzene rings is 2. The van der Waals surface area contributed by atoms with Crippen LogP contribution in [-0.4, -0.2) is 23.2 Å². The molecule has 2 heterocycles. The van der Waals surface area contributed by atoms with Crippen molar-refractivity contribution in [3.63, 3.8) is 0 Å². The largest absolute Gasteiger partial charge is 0.497 e. The van der Waals surface area contributed by atoms with E-state index in [-0.39, 0.29) is 28.6 Å². The van der Waals surface area contributed by atoms with E-state index >= 15 is 0 Å². The number of nitrogen functional groups attached to an aromatic ring is 1. The summed E-state index contributed by atoms with van der Waals surface area (Å²) in [4.78, 5) is 26.3. The Morgan fingerprint density at radius 3 is 2.37 bits per heavy atom. The molecule has 0 bridgehead atoms. The van der Waals surface area contributed by atoms with Gasteiger partial charge in [0.1, 0.15) is 11.4 Å². The molecule has 4 rings (SSSR count). The summed E-state index contributed by atoms with van der Waals surface area (Å²) in [7, 11) is 1.56. The van der Waals surface area contributed by atoms with E-state index in [0.29, 0.717) is 22.5 Å². The first kappa shape index (κ1) is 19.7. The molecule has 0 radical (unpaired) electrons. The Hall–Kier alpha value is -3.58. The summed E-state index contributed by atoms with van der Waals surface area (Å²) < 4.78 is 7.71. The third kappa shape index (κ3) is 3.55. The van der Waals surface area contributed by atoms with Crippen molar-refractivity contribution in [3.8, 4) is 5.75 Å². The van der Waals surface area contributed by atoms with E-state index in [4.69, 9.17) is 10.5 Å². The number of halogens is 1. The second-order valence-electron chi connectivity index (χ2n) is 6.61. The zero-order chi connectivity index (χ0) is 21.3. The Morgan fingerprint density at radius 1 is 1.00 bits per heavy atom. The standard InChI is InChI=1S/C23H18BrN3O3/c1-30-17-11-5-14(6-12-17)22(28)21-20(25)19(18-4-2-3-13-27(18)21)23(29)26-16-9-7-15(24)8-10-16/h2-13H,25H2,1H3,(H,26,29). The lowest BCUT2D eigenvalue weighted by Crippen LogP contribution is -2.14. The molecule has 0 fully saturated rings. The highest BCUT2D eigenvalue weighted by molar-refractivity contribution is 9.10. The maximum absolute atomic E-state index is 13.2. The molecule has 0 unspecified atom stereocenters. The molecule has 0 saturated carbocycles. The van der Waals surface area contributed by atoms with Crippen molar-refractivity contribution < 1.29 is 14.3 Å². The molecule has 2 aromatic heterocycles. The predicted molar refractivity (Wildman–Crippen MR) is 120 cm³/mol. The van der Waals surface area contributed by atoms with Crippen LogP contribution in [0.1, 0.15) is 26.4 Å². The van der Waals surface area contributed by atoms with Crippen LogP contribution in [0.4, 0.5) is 11.4 Å². The average molecular weight is 464 g/mol. The number of nitrogens with two attached hydrogens (primary N) is 1. The molecule has 3 N–H and O–H groups in total. The van der Waals surface area contributed by atoms with E-state index in [9.17, 15) is 9.59 Å². The van der Waals surface area contributed by atoms with Gasteiger partial charge < -0.3 is 20.2 Å². The number of ether oxygens (including phenoxy) is 1. The summed E-state index contributed by atoms with van der Waals surface area (Å²) in [6, 6.07) is 19.3. The van der Waals surface area contributed by atoms with Gasteiger partial charge in [0.2, 0.25) is 5.78 Å². The Labute approximate surface area is 181 Å². The van der Waals surface area contributed by atoms with E-state index in [2.05, 4.69) is 21.2 Å². The Bertz CT molecular complexity index is 1250. The van der Waals surface area contributed by atoms with Crippen molar-refractivity contribution >= 4 is 44.5 Å². The monoisotopic (exact) mass is 463 g/mol. The van der Waals surface area contributed by atoms with E-state index in [1.165, 1.54) is 0 Å². The van der Waals surface area contributed by atoms with Crippen molar-refractivity contribution in [3.05, 3.63) is 94.2 Å². The molecule has 4 aromatic rings. The molecule has 2 aromatic carbocycles. The fourth-order valence-electron chi connectivity index (χ4n) is 3.30. The van der Waals surface area contributed by atoms with Crippen LogP contribution in [0.2, 0.25) is 0 Å². The number of carbonyl (C=O) groups excluding carboxylic acids is 2. The van der Waals surface area contributed by atoms with Crippen LogP contribution in [0.25, 0.3) is 5.52 Å². The zero-order valence-corrected chi connectivity index (χ0v) is 17.6. The molecule has 0 aliphatic carbocycles. The summed E-state index contributed by atoms with van der Waals surface area (Å²) in [6.07, 6.45) is 1.72. The summed E-state index contributed by atoms with van der Waals surface area (Å²) in [6.45, 7) is 0. The predicted octanol–water partition coefficient (Wildman–Crippen LogP) is 4.78. The number of hydrogen-bond donors (Lipinski definition) is 2. The summed E-state index contributed by atoms with van der Waals surface area (Å²) in [5.41, 5.74) is 8.63. The van der Waals surface area contributed by atoms with Gasteiger partial charge in [-0.1, -0.05) is 22.0 Å². The van der Waals surface area contributed by atoms with Crippen LogP contribution >= 0.6 is 15.9 Å². The van der Waals surface area contributed by atoms with Crippen LogP contribution in [0.15, 0.2) is 77.4 Å². The molecule has 0 aliphatic heterocycles. The van der Waals surface area contributed by atoms with E-state index in [0.717, 1.165) is 4.47 Å². The van der Waals surface area contributed by atoms with Crippen LogP contribution < -0.4 is 15.8 Å². The van der Waals surface area contributed by atoms with Gasteiger partial charge in [-0.15, -0.1) is 0 Å². The molecule has 6 nitrogen and oxygen atoms in total. The number of methoxy groups -OCH3 is 1. The minimum absolute atomic E-state index is 0.136. The number of nitrogens with one attached hydrogen (secondary N) is 1. The van der Waals surface area contributed by atoms with Gasteiger partial charge in [0.15, 0.2) is 0 Å². The van der Waals surface area contributed by atoms with Crippen molar-refractivity contribution in [2.24, 2.45) is 0 Å². The fraction of sp³-hybridized carbons (Fsp3) is 0.0435. The van der Waals surface area contributed by atoms with Crippen LogP contribution in [0, 0.1) is 0 Å². The number of ketones is 1. The number of anilines is 2. The smallest absolute Gasteiger partial charge is 0.259 e. The van der Waals surface area contributed by atoms with Gasteiger partial charge in [0.05, 0.1) is 23.9 Å². The van der Waals surface area contributed by atoms with Gasteiger partial charge in [-0.05, 0) is 60.7 Å². The minimum atomic E-state index is -0.382. The van der Waals surface area contributed by atoms with Gasteiger partial charge in [-0.3, -0.25) is 9.59 Å². The second-order valence-corrected chi connectivity index (χ2v) is 7.53. The zero-order valence-electron chi connectivity index (χ0n) is 16.1. The van der Waals surface area contributed by atoms with E-state index < -0.39 is 0 Å². The first-order chi connectivity index (χ1) is 14.5. The van der Waals surface area contributed by atoms with Crippen molar-refractivity contribution in [1.82, 2.24) is 4.40 Å². The molecular weight excluding hydrogens is 446 g/mol. The van der Waals surface area contributed by atoms with Crippen LogP contribution in [0.3, 0.4) is 0 Å². The Balaban J connectivity index is 1.78. The van der Waals surface area contributed by atoms with Crippen molar-refractivity contribution in [2.45, 2.75) is 0 Å². The highest BCUT2D eigenvalue weighted by Crippen LogP contribution is 2.29. The van der Waals surface area contributed by atoms with Gasteiger partial charge >= 0.3 is 0 Å². The topological polar surface area (TPSA) is 85.8 Å². The molecule has 150 valence electrons. The summed E-state index contributed by atoms with van der Waals surface area (Å²) in [5, 5.41) is 2.84. The lowest BCUT2D eigenvalue weighted by atomic mass is 10.1. The number of amides is 1. The first-order valence-corrected chi connectivity index (χ1v) is 9.93. The summed E-state index contributed by atoms with van der Waals surface area (Å²) in [5.74, 6) is -0.0135. The van der Waals surface area contributed by atoms with Crippen LogP contribution in [-0.2, 0) is 0 Å². The lowest BCUT2D eigenvalue weighted by Gasteiger charge is -2.06. The quantitative estimate of drug-likeness (QED) is 0.417. The Kier molecular flexibility index (Phi) is 5.29. The normalized spacial score (nSPS) is 10.7. The van der Waals surface area contributed by atoms with Crippen molar-refractivity contribution in [2.75, 3.05) is 18.2 Å². The molecule has 0 spiro atoms. The lowest BCUT2D eigenvalue weighted by molar-refractivity contribution is 0.102. The number of rotatable bonds is 5. The van der Waals surface area contributed by atoms with Gasteiger partial charge in [0.25, 0.3) is 5.91 Å². The molecule has 0 aliphatic rings. The van der Waals surface area contributed by atoms with Crippen molar-refractivity contribution in [1.29, 1.82) is 0 Å². The third-order valence-electron chi connectivity index (χ3n) is 4.78. The minimum Gasteiger partial charge on any atom is -0.497 e. The number of fused-ring (bicyclic) bond motifs is 1. The molecule has 0 saturated heterocycles. The van der Waals surface area contributed by atoms with E-state index in [1.807, 2.05) is 12.1 Å². The average Bonchev–Trinajstić information content (AvgIpc) is 3.06. The Morgan fingerprint density at radius 2 is 1.70 bits per heavy atom. The van der Waals surface area contributed by atoms with Gasteiger partial charge in [0, 0.05) is 21.9 Å². The summed E-state index contributed by atoms with van der Waals surface area (Å²) >= 11 is 3.37. The molecule has 7 heteroatoms. The van der Waals surface area contributed by atoms with Gasteiger partial charge in [-0.2, -0.15) is 0 Å². The molecular formula is C23H18BrN3O3. The second kappa shape index (κ2) is 8.04. The highest BCUT2D eigenvalue weighted by atomic mass is 79.9. The number of carbonyl (C=O) groups is 2. The number of hydrogen-bond acceptors (Lipinski definition) is 4. The van der Waals surface area contributed by atoms with Gasteiger partial charge in [-0.25, -0.2) is 0 Å². The first-order valence-electron chi connectivity index (χ1n) is 9.14. The number of aromatic nitrogens is 1. The number of nitrogens with zero attached hydrogens (tertiary/aromatic N) is 1. The maximum atomic E-state index is 13.2. The molecule has 1 amide bonds. The third-order valence-corrected chi connectivity index (χ3v) is 5.31. The fourth-order valence-corrected chi connectivity index (χ4v) is 3.57. The van der Waals surface area contributed by atoms with Crippen LogP contribution in [0.5, 0.6) is 5.75 Å². The highest BCUT2D eigenvalue weighted by Gasteiger charge is 2.26. The molecule has 30 heavy (non-hydrogen) atoms.